The molecule has 0 saturated carbocycles. The Balaban J connectivity index is 0.000000490. The largest absolute Gasteiger partial charge is 1.00 e. The van der Waals surface area contributed by atoms with Crippen molar-refractivity contribution >= 4 is 23.0 Å². The third-order valence-corrected chi connectivity index (χ3v) is 0.950. The Kier molecular flexibility index (Phi) is 4.69. The molecule has 0 aromatic rings. The van der Waals surface area contributed by atoms with E-state index >= 15 is 0 Å². The molecule has 0 radical (unpaired) electrons. The Morgan fingerprint density at radius 3 is 2.50 bits per heavy atom. The second-order valence-corrected chi connectivity index (χ2v) is 1.84. The van der Waals surface area contributed by atoms with Gasteiger partial charge in [0.05, 0.1) is 0 Å². The van der Waals surface area contributed by atoms with Crippen molar-refractivity contribution in [3.63, 3.8) is 0 Å². The van der Waals surface area contributed by atoms with Gasteiger partial charge in [0.25, 0.3) is 0 Å². The van der Waals surface area contributed by atoms with Crippen LogP contribution in [0.5, 0.6) is 0 Å². The second kappa shape index (κ2) is 4.08. The fraction of sp³-hybridized carbons (Fsp3) is 0.500. The van der Waals surface area contributed by atoms with Gasteiger partial charge in [0.2, 0.25) is 0 Å². The summed E-state index contributed by atoms with van der Waals surface area (Å²) in [6.45, 7) is 2.47. The summed E-state index contributed by atoms with van der Waals surface area (Å²) in [6.07, 6.45) is 0. The molecule has 8 heavy (non-hydrogen) atoms. The van der Waals surface area contributed by atoms with Crippen LogP contribution < -0.4 is 51.4 Å². The molecule has 4 heteroatoms. The molecule has 1 aliphatic heterocycles. The molecule has 0 atom stereocenters. The summed E-state index contributed by atoms with van der Waals surface area (Å²) in [7, 11) is 0. The molecule has 1 aliphatic rings. The predicted molar refractivity (Wildman–Crippen MR) is 33.9 cm³/mol. The number of hydrogen-bond acceptors (Lipinski definition) is 1. The van der Waals surface area contributed by atoms with Gasteiger partial charge in [-0.3, -0.25) is 0 Å². The second-order valence-electron chi connectivity index (χ2n) is 1.37. The van der Waals surface area contributed by atoms with Crippen LogP contribution >= 0.6 is 12.2 Å². The van der Waals surface area contributed by atoms with Crippen LogP contribution in [-0.2, 0) is 0 Å². The van der Waals surface area contributed by atoms with Crippen LogP contribution in [0.1, 0.15) is 6.92 Å². The number of nitrogens with zero attached hydrogens (tertiary/aromatic N) is 2. The Morgan fingerprint density at radius 2 is 2.38 bits per heavy atom. The zero-order valence-electron chi connectivity index (χ0n) is 5.01. The molecule has 0 aromatic heterocycles. The van der Waals surface area contributed by atoms with E-state index in [1.54, 1.807) is 0 Å². The molecule has 0 N–H and O–H groups in total. The van der Waals surface area contributed by atoms with Crippen molar-refractivity contribution in [1.29, 1.82) is 0 Å². The molecule has 0 fully saturated rings. The molecule has 0 aromatic carbocycles. The molecule has 0 saturated heterocycles. The van der Waals surface area contributed by atoms with Gasteiger partial charge >= 0.3 is 51.4 Å². The van der Waals surface area contributed by atoms with Crippen LogP contribution in [0.25, 0.3) is 5.32 Å². The van der Waals surface area contributed by atoms with Gasteiger partial charge in [0, 0.05) is 0 Å². The SMILES string of the molecule is CC1=NC(=S)C[N-]1.[K+]. The van der Waals surface area contributed by atoms with Crippen LogP contribution in [-0.4, -0.2) is 17.4 Å². The van der Waals surface area contributed by atoms with Crippen LogP contribution in [0.2, 0.25) is 0 Å². The van der Waals surface area contributed by atoms with Crippen molar-refractivity contribution in [2.24, 2.45) is 4.99 Å². The van der Waals surface area contributed by atoms with Gasteiger partial charge in [0.1, 0.15) is 0 Å². The molecule has 0 bridgehead atoms. The van der Waals surface area contributed by atoms with E-state index in [0.29, 0.717) is 11.5 Å². The molecular weight excluding hydrogens is 147 g/mol. The van der Waals surface area contributed by atoms with Gasteiger partial charge in [-0.2, -0.15) is 0 Å². The Morgan fingerprint density at radius 1 is 1.75 bits per heavy atom. The van der Waals surface area contributed by atoms with Crippen molar-refractivity contribution < 1.29 is 51.4 Å². The first-order valence-corrected chi connectivity index (χ1v) is 2.45. The molecule has 38 valence electrons. The molecule has 0 aliphatic carbocycles. The first-order valence-electron chi connectivity index (χ1n) is 2.04. The first kappa shape index (κ1) is 9.20. The van der Waals surface area contributed by atoms with Gasteiger partial charge < -0.3 is 10.3 Å². The molecular formula is C4H5KN2S. The van der Waals surface area contributed by atoms with E-state index in [1.807, 2.05) is 6.92 Å². The monoisotopic (exact) mass is 152 g/mol. The smallest absolute Gasteiger partial charge is 0.464 e. The van der Waals surface area contributed by atoms with Crippen LogP contribution in [0.15, 0.2) is 4.99 Å². The van der Waals surface area contributed by atoms with Crippen LogP contribution in [0, 0.1) is 0 Å². The summed E-state index contributed by atoms with van der Waals surface area (Å²) in [5.74, 6) is 0.810. The van der Waals surface area contributed by atoms with Crippen molar-refractivity contribution in [2.75, 3.05) is 6.54 Å². The van der Waals surface area contributed by atoms with Crippen LogP contribution in [0.4, 0.5) is 0 Å². The average molecular weight is 152 g/mol. The van der Waals surface area contributed by atoms with E-state index in [4.69, 9.17) is 12.2 Å². The molecule has 1 rings (SSSR count). The Bertz CT molecular complexity index is 132. The van der Waals surface area contributed by atoms with E-state index in [9.17, 15) is 0 Å². The molecule has 2 nitrogen and oxygen atoms in total. The fourth-order valence-electron chi connectivity index (χ4n) is 0.433. The van der Waals surface area contributed by atoms with Gasteiger partial charge in [-0.25, -0.2) is 0 Å². The minimum Gasteiger partial charge on any atom is -0.464 e. The summed E-state index contributed by atoms with van der Waals surface area (Å²) in [6, 6.07) is 0. The van der Waals surface area contributed by atoms with Crippen molar-refractivity contribution in [3.05, 3.63) is 5.32 Å². The summed E-state index contributed by atoms with van der Waals surface area (Å²) < 4.78 is 0. The number of rotatable bonds is 0. The zero-order chi connectivity index (χ0) is 5.28. The average Bonchev–Trinajstić information content (AvgIpc) is 1.87. The predicted octanol–water partition coefficient (Wildman–Crippen LogP) is -1.88. The fourth-order valence-corrected chi connectivity index (χ4v) is 0.630. The van der Waals surface area contributed by atoms with E-state index in [1.165, 1.54) is 0 Å². The van der Waals surface area contributed by atoms with E-state index in [0.717, 1.165) is 5.84 Å². The van der Waals surface area contributed by atoms with Crippen molar-refractivity contribution in [2.45, 2.75) is 6.92 Å². The third kappa shape index (κ3) is 2.66. The molecule has 0 amide bonds. The van der Waals surface area contributed by atoms with Crippen molar-refractivity contribution in [1.82, 2.24) is 0 Å². The maximum atomic E-state index is 4.71. The van der Waals surface area contributed by atoms with Crippen molar-refractivity contribution in [3.8, 4) is 0 Å². The normalized spacial score (nSPS) is 16.6. The van der Waals surface area contributed by atoms with E-state index in [-0.39, 0.29) is 51.4 Å². The maximum absolute atomic E-state index is 4.71. The number of aliphatic imine (C=N–C) groups is 1. The maximum Gasteiger partial charge on any atom is 1.00 e. The van der Waals surface area contributed by atoms with E-state index < -0.39 is 0 Å². The quantitative estimate of drug-likeness (QED) is 0.295. The topological polar surface area (TPSA) is 26.5 Å². The molecule has 1 heterocycles. The summed E-state index contributed by atoms with van der Waals surface area (Å²) in [4.78, 5) is 4.58. The Labute approximate surface area is 96.6 Å². The standard InChI is InChI=1S/C4H6N2S.K/c1-3-5-2-4(7)6-3;/h2H2,1H3,(H,5,6,7);/q;+1/p-1. The zero-order valence-corrected chi connectivity index (χ0v) is 8.95. The van der Waals surface area contributed by atoms with Gasteiger partial charge in [-0.05, 0) is 18.5 Å². The summed E-state index contributed by atoms with van der Waals surface area (Å²) in [5.41, 5.74) is 0. The third-order valence-electron chi connectivity index (χ3n) is 0.730. The minimum absolute atomic E-state index is 0. The molecule has 0 spiro atoms. The molecule has 0 unspecified atom stereocenters. The summed E-state index contributed by atoms with van der Waals surface area (Å²) >= 11 is 4.71. The van der Waals surface area contributed by atoms with Gasteiger partial charge in [0.15, 0.2) is 0 Å². The van der Waals surface area contributed by atoms with Gasteiger partial charge in [-0.15, -0.1) is 0 Å². The Hall–Kier alpha value is 1.20. The van der Waals surface area contributed by atoms with Gasteiger partial charge in [-0.1, -0.05) is 18.1 Å². The first-order chi connectivity index (χ1) is 3.29. The summed E-state index contributed by atoms with van der Waals surface area (Å²) in [5, 5.41) is 3.93. The number of hydrogen-bond donors (Lipinski definition) is 0. The van der Waals surface area contributed by atoms with Crippen LogP contribution in [0.3, 0.4) is 0 Å². The number of thiocarbonyl (C=S) groups is 1. The number of amidine groups is 1. The van der Waals surface area contributed by atoms with E-state index in [2.05, 4.69) is 10.3 Å². The minimum atomic E-state index is 0.